The van der Waals surface area contributed by atoms with E-state index in [1.807, 2.05) is 27.3 Å². The highest BCUT2D eigenvalue weighted by molar-refractivity contribution is 14.1. The average molecular weight is 447 g/mol. The Bertz CT molecular complexity index is 836. The largest absolute Gasteiger partial charge is 0.493 e. The first-order valence-corrected chi connectivity index (χ1v) is 8.98. The number of amides is 1. The van der Waals surface area contributed by atoms with Crippen LogP contribution in [0.1, 0.15) is 10.4 Å². The summed E-state index contributed by atoms with van der Waals surface area (Å²) in [6.45, 7) is 0. The van der Waals surface area contributed by atoms with Gasteiger partial charge in [-0.3, -0.25) is 4.79 Å². The van der Waals surface area contributed by atoms with Gasteiger partial charge in [0.05, 0.1) is 19.1 Å². The molecule has 0 unspecified atom stereocenters. The van der Waals surface area contributed by atoms with Crippen molar-refractivity contribution in [2.45, 2.75) is 4.90 Å². The van der Waals surface area contributed by atoms with Crippen LogP contribution in [0.25, 0.3) is 0 Å². The molecular formula is C15H14INO5S. The number of halogens is 1. The SMILES string of the molecule is COc1ccc(S(=O)(=O)NC(=O)c2cccc(I)c2)cc1OC. The maximum Gasteiger partial charge on any atom is 0.265 e. The van der Waals surface area contributed by atoms with Crippen LogP contribution in [0.3, 0.4) is 0 Å². The molecule has 122 valence electrons. The minimum Gasteiger partial charge on any atom is -0.493 e. The molecule has 0 radical (unpaired) electrons. The highest BCUT2D eigenvalue weighted by Gasteiger charge is 2.20. The van der Waals surface area contributed by atoms with E-state index in [1.165, 1.54) is 32.4 Å². The number of carbonyl (C=O) groups excluding carboxylic acids is 1. The lowest BCUT2D eigenvalue weighted by molar-refractivity contribution is 0.0981. The van der Waals surface area contributed by atoms with E-state index in [0.717, 1.165) is 3.57 Å². The monoisotopic (exact) mass is 447 g/mol. The van der Waals surface area contributed by atoms with Gasteiger partial charge in [0.15, 0.2) is 11.5 Å². The number of hydrogen-bond donors (Lipinski definition) is 1. The molecule has 0 aliphatic heterocycles. The lowest BCUT2D eigenvalue weighted by Gasteiger charge is -2.11. The van der Waals surface area contributed by atoms with Crippen LogP contribution >= 0.6 is 22.6 Å². The van der Waals surface area contributed by atoms with Crippen molar-refractivity contribution < 1.29 is 22.7 Å². The van der Waals surface area contributed by atoms with Gasteiger partial charge in [0.1, 0.15) is 0 Å². The molecule has 0 bridgehead atoms. The third kappa shape index (κ3) is 4.14. The van der Waals surface area contributed by atoms with Gasteiger partial charge in [0.2, 0.25) is 0 Å². The molecule has 0 aromatic heterocycles. The Labute approximate surface area is 148 Å². The van der Waals surface area contributed by atoms with Crippen molar-refractivity contribution in [3.8, 4) is 11.5 Å². The molecule has 0 heterocycles. The Morgan fingerprint density at radius 1 is 1.04 bits per heavy atom. The summed E-state index contributed by atoms with van der Waals surface area (Å²) in [5.74, 6) is -0.0363. The predicted octanol–water partition coefficient (Wildman–Crippen LogP) is 2.43. The van der Waals surface area contributed by atoms with E-state index < -0.39 is 15.9 Å². The van der Waals surface area contributed by atoms with Gasteiger partial charge >= 0.3 is 0 Å². The summed E-state index contributed by atoms with van der Waals surface area (Å²) in [6, 6.07) is 10.7. The number of ether oxygens (including phenoxy) is 2. The van der Waals surface area contributed by atoms with Gasteiger partial charge in [0, 0.05) is 15.2 Å². The number of sulfonamides is 1. The van der Waals surface area contributed by atoms with Crippen LogP contribution in [0.15, 0.2) is 47.4 Å². The van der Waals surface area contributed by atoms with Crippen molar-refractivity contribution in [2.24, 2.45) is 0 Å². The van der Waals surface area contributed by atoms with Crippen molar-refractivity contribution in [3.05, 3.63) is 51.6 Å². The van der Waals surface area contributed by atoms with Crippen LogP contribution in [-0.4, -0.2) is 28.5 Å². The van der Waals surface area contributed by atoms with Gasteiger partial charge in [-0.2, -0.15) is 0 Å². The van der Waals surface area contributed by atoms with E-state index in [4.69, 9.17) is 9.47 Å². The fraction of sp³-hybridized carbons (Fsp3) is 0.133. The fourth-order valence-corrected chi connectivity index (χ4v) is 3.39. The molecule has 0 spiro atoms. The third-order valence-corrected chi connectivity index (χ3v) is 4.98. The van der Waals surface area contributed by atoms with Gasteiger partial charge in [-0.05, 0) is 52.9 Å². The molecule has 0 saturated carbocycles. The van der Waals surface area contributed by atoms with E-state index in [2.05, 4.69) is 0 Å². The topological polar surface area (TPSA) is 81.7 Å². The summed E-state index contributed by atoms with van der Waals surface area (Å²) in [6.07, 6.45) is 0. The summed E-state index contributed by atoms with van der Waals surface area (Å²) < 4.78 is 37.7. The van der Waals surface area contributed by atoms with E-state index in [9.17, 15) is 13.2 Å². The molecule has 0 aliphatic rings. The first-order chi connectivity index (χ1) is 10.9. The van der Waals surface area contributed by atoms with Gasteiger partial charge in [-0.1, -0.05) is 6.07 Å². The summed E-state index contributed by atoms with van der Waals surface area (Å²) in [4.78, 5) is 12.0. The van der Waals surface area contributed by atoms with E-state index in [0.29, 0.717) is 5.75 Å². The first-order valence-electron chi connectivity index (χ1n) is 6.42. The summed E-state index contributed by atoms with van der Waals surface area (Å²) >= 11 is 2.04. The van der Waals surface area contributed by atoms with Crippen LogP contribution in [0.5, 0.6) is 11.5 Å². The molecule has 2 aromatic carbocycles. The lowest BCUT2D eigenvalue weighted by atomic mass is 10.2. The summed E-state index contributed by atoms with van der Waals surface area (Å²) in [7, 11) is -1.16. The number of hydrogen-bond acceptors (Lipinski definition) is 5. The number of benzene rings is 2. The molecule has 8 heteroatoms. The maximum absolute atomic E-state index is 12.3. The number of methoxy groups -OCH3 is 2. The van der Waals surface area contributed by atoms with Gasteiger partial charge in [-0.25, -0.2) is 13.1 Å². The Kier molecular flexibility index (Phi) is 5.47. The van der Waals surface area contributed by atoms with E-state index in [1.54, 1.807) is 24.3 Å². The molecular weight excluding hydrogens is 433 g/mol. The molecule has 0 fully saturated rings. The zero-order chi connectivity index (χ0) is 17.0. The lowest BCUT2D eigenvalue weighted by Crippen LogP contribution is -2.30. The van der Waals surface area contributed by atoms with E-state index in [-0.39, 0.29) is 16.2 Å². The van der Waals surface area contributed by atoms with Crippen molar-refractivity contribution in [1.82, 2.24) is 4.72 Å². The van der Waals surface area contributed by atoms with Crippen LogP contribution in [0, 0.1) is 3.57 Å². The molecule has 0 atom stereocenters. The quantitative estimate of drug-likeness (QED) is 0.713. The normalized spacial score (nSPS) is 10.9. The second-order valence-electron chi connectivity index (χ2n) is 4.46. The maximum atomic E-state index is 12.3. The molecule has 23 heavy (non-hydrogen) atoms. The molecule has 0 saturated heterocycles. The van der Waals surface area contributed by atoms with Crippen LogP contribution < -0.4 is 14.2 Å². The summed E-state index contributed by atoms with van der Waals surface area (Å²) in [5.41, 5.74) is 0.265. The Morgan fingerprint density at radius 2 is 1.74 bits per heavy atom. The number of nitrogens with one attached hydrogen (secondary N) is 1. The molecule has 1 amide bonds. The average Bonchev–Trinajstić information content (AvgIpc) is 2.53. The standard InChI is InChI=1S/C15H14INO5S/c1-21-13-7-6-12(9-14(13)22-2)23(19,20)17-15(18)10-4-3-5-11(16)8-10/h3-9H,1-2H3,(H,17,18). The predicted molar refractivity (Wildman–Crippen MR) is 93.4 cm³/mol. The number of carbonyl (C=O) groups is 1. The van der Waals surface area contributed by atoms with Gasteiger partial charge < -0.3 is 9.47 Å². The molecule has 2 aromatic rings. The first kappa shape index (κ1) is 17.5. The molecule has 6 nitrogen and oxygen atoms in total. The Balaban J connectivity index is 2.30. The van der Waals surface area contributed by atoms with Gasteiger partial charge in [0.25, 0.3) is 15.9 Å². The number of rotatable bonds is 5. The van der Waals surface area contributed by atoms with Crippen molar-refractivity contribution >= 4 is 38.5 Å². The van der Waals surface area contributed by atoms with Crippen molar-refractivity contribution in [3.63, 3.8) is 0 Å². The Morgan fingerprint density at radius 3 is 2.35 bits per heavy atom. The second-order valence-corrected chi connectivity index (χ2v) is 7.39. The zero-order valence-electron chi connectivity index (χ0n) is 12.4. The highest BCUT2D eigenvalue weighted by Crippen LogP contribution is 2.29. The zero-order valence-corrected chi connectivity index (χ0v) is 15.3. The molecule has 0 aliphatic carbocycles. The minimum atomic E-state index is -4.02. The van der Waals surface area contributed by atoms with Gasteiger partial charge in [-0.15, -0.1) is 0 Å². The molecule has 2 rings (SSSR count). The smallest absolute Gasteiger partial charge is 0.265 e. The van der Waals surface area contributed by atoms with E-state index >= 15 is 0 Å². The van der Waals surface area contributed by atoms with Crippen LogP contribution in [0.4, 0.5) is 0 Å². The highest BCUT2D eigenvalue weighted by atomic mass is 127. The van der Waals surface area contributed by atoms with Crippen LogP contribution in [0.2, 0.25) is 0 Å². The van der Waals surface area contributed by atoms with Crippen LogP contribution in [-0.2, 0) is 10.0 Å². The molecule has 1 N–H and O–H groups in total. The Hall–Kier alpha value is -1.81. The van der Waals surface area contributed by atoms with Crippen molar-refractivity contribution in [1.29, 1.82) is 0 Å². The fourth-order valence-electron chi connectivity index (χ4n) is 1.85. The third-order valence-electron chi connectivity index (χ3n) is 2.98. The second kappa shape index (κ2) is 7.18. The van der Waals surface area contributed by atoms with Crippen molar-refractivity contribution in [2.75, 3.05) is 14.2 Å². The minimum absolute atomic E-state index is 0.0888. The summed E-state index contributed by atoms with van der Waals surface area (Å²) in [5, 5.41) is 0.